The fraction of sp³-hybridized carbons (Fsp3) is 0.353. The lowest BCUT2D eigenvalue weighted by molar-refractivity contribution is 0.0936. The summed E-state index contributed by atoms with van der Waals surface area (Å²) in [6.07, 6.45) is 1.94. The average molecular weight is 302 g/mol. The van der Waals surface area contributed by atoms with Crippen molar-refractivity contribution < 1.29 is 14.3 Å². The van der Waals surface area contributed by atoms with Crippen LogP contribution in [0.2, 0.25) is 0 Å². The summed E-state index contributed by atoms with van der Waals surface area (Å²) in [5.41, 5.74) is 2.81. The van der Waals surface area contributed by atoms with E-state index in [4.69, 9.17) is 9.47 Å². The van der Waals surface area contributed by atoms with E-state index >= 15 is 0 Å². The fourth-order valence-corrected chi connectivity index (χ4v) is 2.25. The summed E-state index contributed by atoms with van der Waals surface area (Å²) in [6, 6.07) is 9.77. The SMILES string of the molecule is COCCNC(=O)c1ccn(Cc2ccc(OC)cc2)c1C. The topological polar surface area (TPSA) is 52.5 Å². The Morgan fingerprint density at radius 3 is 2.55 bits per heavy atom. The van der Waals surface area contributed by atoms with Crippen LogP contribution in [0, 0.1) is 6.92 Å². The molecule has 1 aromatic carbocycles. The van der Waals surface area contributed by atoms with Crippen LogP contribution in [-0.2, 0) is 11.3 Å². The molecule has 0 spiro atoms. The van der Waals surface area contributed by atoms with Crippen LogP contribution in [0.3, 0.4) is 0 Å². The molecule has 118 valence electrons. The number of methoxy groups -OCH3 is 2. The highest BCUT2D eigenvalue weighted by Crippen LogP contribution is 2.15. The molecule has 0 atom stereocenters. The van der Waals surface area contributed by atoms with E-state index in [0.29, 0.717) is 18.7 Å². The molecule has 0 saturated carbocycles. The van der Waals surface area contributed by atoms with Crippen LogP contribution < -0.4 is 10.1 Å². The number of carbonyl (C=O) groups excluding carboxylic acids is 1. The van der Waals surface area contributed by atoms with E-state index in [1.807, 2.05) is 43.5 Å². The lowest BCUT2D eigenvalue weighted by Crippen LogP contribution is -2.27. The van der Waals surface area contributed by atoms with Gasteiger partial charge in [-0.25, -0.2) is 0 Å². The van der Waals surface area contributed by atoms with E-state index in [-0.39, 0.29) is 5.91 Å². The molecule has 0 radical (unpaired) electrons. The molecule has 2 aromatic rings. The third-order valence-corrected chi connectivity index (χ3v) is 3.59. The summed E-state index contributed by atoms with van der Waals surface area (Å²) >= 11 is 0. The van der Waals surface area contributed by atoms with Gasteiger partial charge in [0.1, 0.15) is 5.75 Å². The number of nitrogens with one attached hydrogen (secondary N) is 1. The van der Waals surface area contributed by atoms with Gasteiger partial charge in [-0.1, -0.05) is 12.1 Å². The summed E-state index contributed by atoms with van der Waals surface area (Å²) in [6.45, 7) is 3.70. The standard InChI is InChI=1S/C17H22N2O3/c1-13-16(17(20)18-9-11-21-2)8-10-19(13)12-14-4-6-15(22-3)7-5-14/h4-8,10H,9,11-12H2,1-3H3,(H,18,20). The lowest BCUT2D eigenvalue weighted by atomic mass is 10.2. The van der Waals surface area contributed by atoms with Crippen molar-refractivity contribution in [3.05, 3.63) is 53.3 Å². The Labute approximate surface area is 130 Å². The first-order valence-electron chi connectivity index (χ1n) is 7.21. The lowest BCUT2D eigenvalue weighted by Gasteiger charge is -2.09. The number of ether oxygens (including phenoxy) is 2. The van der Waals surface area contributed by atoms with Gasteiger partial charge >= 0.3 is 0 Å². The summed E-state index contributed by atoms with van der Waals surface area (Å²) in [5.74, 6) is 0.772. The number of amides is 1. The third-order valence-electron chi connectivity index (χ3n) is 3.59. The number of carbonyl (C=O) groups is 1. The summed E-state index contributed by atoms with van der Waals surface area (Å²) in [7, 11) is 3.27. The highest BCUT2D eigenvalue weighted by molar-refractivity contribution is 5.95. The molecular formula is C17H22N2O3. The second-order valence-electron chi connectivity index (χ2n) is 5.04. The van der Waals surface area contributed by atoms with Crippen LogP contribution in [0.1, 0.15) is 21.6 Å². The van der Waals surface area contributed by atoms with E-state index in [1.165, 1.54) is 0 Å². The van der Waals surface area contributed by atoms with Gasteiger partial charge in [-0.05, 0) is 30.7 Å². The molecule has 2 rings (SSSR count). The molecule has 0 fully saturated rings. The molecular weight excluding hydrogens is 280 g/mol. The zero-order valence-corrected chi connectivity index (χ0v) is 13.3. The molecule has 0 aliphatic carbocycles. The van der Waals surface area contributed by atoms with E-state index in [0.717, 1.165) is 23.6 Å². The Balaban J connectivity index is 2.04. The fourth-order valence-electron chi connectivity index (χ4n) is 2.25. The maximum Gasteiger partial charge on any atom is 0.253 e. The van der Waals surface area contributed by atoms with Gasteiger partial charge in [0, 0.05) is 32.1 Å². The molecule has 22 heavy (non-hydrogen) atoms. The van der Waals surface area contributed by atoms with Gasteiger partial charge in [0.2, 0.25) is 0 Å². The van der Waals surface area contributed by atoms with Crippen molar-refractivity contribution in [1.29, 1.82) is 0 Å². The first kappa shape index (κ1) is 16.1. The smallest absolute Gasteiger partial charge is 0.253 e. The van der Waals surface area contributed by atoms with Crippen molar-refractivity contribution in [1.82, 2.24) is 9.88 Å². The Bertz CT molecular complexity index is 617. The van der Waals surface area contributed by atoms with Crippen LogP contribution in [0.15, 0.2) is 36.5 Å². The van der Waals surface area contributed by atoms with E-state index in [1.54, 1.807) is 14.2 Å². The molecule has 5 nitrogen and oxygen atoms in total. The number of rotatable bonds is 7. The zero-order valence-electron chi connectivity index (χ0n) is 13.3. The Morgan fingerprint density at radius 2 is 1.91 bits per heavy atom. The van der Waals surface area contributed by atoms with Gasteiger partial charge in [-0.2, -0.15) is 0 Å². The Hall–Kier alpha value is -2.27. The highest BCUT2D eigenvalue weighted by atomic mass is 16.5. The molecule has 0 saturated heterocycles. The third kappa shape index (κ3) is 3.89. The second kappa shape index (κ2) is 7.66. The maximum atomic E-state index is 12.1. The highest BCUT2D eigenvalue weighted by Gasteiger charge is 2.12. The number of benzene rings is 1. The maximum absolute atomic E-state index is 12.1. The molecule has 0 aliphatic rings. The predicted octanol–water partition coefficient (Wildman–Crippen LogP) is 2.23. The first-order valence-corrected chi connectivity index (χ1v) is 7.21. The normalized spacial score (nSPS) is 10.5. The van der Waals surface area contributed by atoms with Gasteiger partial charge in [0.05, 0.1) is 19.3 Å². The minimum Gasteiger partial charge on any atom is -0.497 e. The van der Waals surface area contributed by atoms with Crippen molar-refractivity contribution in [3.8, 4) is 5.75 Å². The van der Waals surface area contributed by atoms with Gasteiger partial charge in [-0.15, -0.1) is 0 Å². The first-order chi connectivity index (χ1) is 10.7. The molecule has 0 bridgehead atoms. The minimum absolute atomic E-state index is 0.0666. The van der Waals surface area contributed by atoms with Gasteiger partial charge < -0.3 is 19.4 Å². The summed E-state index contributed by atoms with van der Waals surface area (Å²) in [5, 5.41) is 2.84. The molecule has 0 aliphatic heterocycles. The summed E-state index contributed by atoms with van der Waals surface area (Å²) < 4.78 is 12.1. The van der Waals surface area contributed by atoms with Gasteiger partial charge in [0.25, 0.3) is 5.91 Å². The van der Waals surface area contributed by atoms with Crippen LogP contribution in [0.5, 0.6) is 5.75 Å². The molecule has 1 amide bonds. The molecule has 0 unspecified atom stereocenters. The van der Waals surface area contributed by atoms with Crippen molar-refractivity contribution in [2.75, 3.05) is 27.4 Å². The second-order valence-corrected chi connectivity index (χ2v) is 5.04. The van der Waals surface area contributed by atoms with E-state index < -0.39 is 0 Å². The number of hydrogen-bond donors (Lipinski definition) is 1. The minimum atomic E-state index is -0.0666. The number of aromatic nitrogens is 1. The number of nitrogens with zero attached hydrogens (tertiary/aromatic N) is 1. The molecule has 5 heteroatoms. The van der Waals surface area contributed by atoms with Crippen molar-refractivity contribution in [2.24, 2.45) is 0 Å². The van der Waals surface area contributed by atoms with Crippen LogP contribution in [0.25, 0.3) is 0 Å². The van der Waals surface area contributed by atoms with E-state index in [9.17, 15) is 4.79 Å². The van der Waals surface area contributed by atoms with Gasteiger partial charge in [0.15, 0.2) is 0 Å². The van der Waals surface area contributed by atoms with Crippen molar-refractivity contribution in [3.63, 3.8) is 0 Å². The van der Waals surface area contributed by atoms with Crippen LogP contribution >= 0.6 is 0 Å². The zero-order chi connectivity index (χ0) is 15.9. The van der Waals surface area contributed by atoms with Crippen molar-refractivity contribution in [2.45, 2.75) is 13.5 Å². The van der Waals surface area contributed by atoms with E-state index in [2.05, 4.69) is 9.88 Å². The largest absolute Gasteiger partial charge is 0.497 e. The number of hydrogen-bond acceptors (Lipinski definition) is 3. The Morgan fingerprint density at radius 1 is 1.18 bits per heavy atom. The van der Waals surface area contributed by atoms with Crippen LogP contribution in [0.4, 0.5) is 0 Å². The quantitative estimate of drug-likeness (QED) is 0.798. The summed E-state index contributed by atoms with van der Waals surface area (Å²) in [4.78, 5) is 12.1. The van der Waals surface area contributed by atoms with Crippen LogP contribution in [-0.4, -0.2) is 37.8 Å². The monoisotopic (exact) mass is 302 g/mol. The predicted molar refractivity (Wildman–Crippen MR) is 85.5 cm³/mol. The Kier molecular flexibility index (Phi) is 5.61. The van der Waals surface area contributed by atoms with Gasteiger partial charge in [-0.3, -0.25) is 4.79 Å². The molecule has 1 N–H and O–H groups in total. The molecule has 1 aromatic heterocycles. The molecule has 1 heterocycles. The van der Waals surface area contributed by atoms with Crippen molar-refractivity contribution >= 4 is 5.91 Å². The average Bonchev–Trinajstić information content (AvgIpc) is 2.89.